The summed E-state index contributed by atoms with van der Waals surface area (Å²) in [5.74, 6) is 1.72. The molecule has 0 unspecified atom stereocenters. The van der Waals surface area contributed by atoms with E-state index in [9.17, 15) is 0 Å². The first-order chi connectivity index (χ1) is 37.6. The summed E-state index contributed by atoms with van der Waals surface area (Å²) < 4.78 is 17.7. The van der Waals surface area contributed by atoms with E-state index in [1.54, 1.807) is 11.3 Å². The molecule has 0 spiro atoms. The molecule has 16 rings (SSSR count). The molecule has 0 N–H and O–H groups in total. The molecule has 354 valence electrons. The Morgan fingerprint density at radius 3 is 1.66 bits per heavy atom. The van der Waals surface area contributed by atoms with Crippen LogP contribution < -0.4 is 0 Å². The van der Waals surface area contributed by atoms with Crippen LogP contribution in [0.15, 0.2) is 251 Å². The second kappa shape index (κ2) is 16.8. The van der Waals surface area contributed by atoms with E-state index in [0.29, 0.717) is 17.5 Å². The summed E-state index contributed by atoms with van der Waals surface area (Å²) in [7, 11) is 0. The lowest BCUT2D eigenvalue weighted by atomic mass is 9.95. The van der Waals surface area contributed by atoms with Crippen molar-refractivity contribution in [1.82, 2.24) is 19.5 Å². The molecule has 0 amide bonds. The summed E-state index contributed by atoms with van der Waals surface area (Å²) in [4.78, 5) is 16.0. The van der Waals surface area contributed by atoms with Crippen molar-refractivity contribution < 1.29 is 8.83 Å². The molecule has 0 saturated carbocycles. The molecule has 0 radical (unpaired) electrons. The molecule has 11 aromatic carbocycles. The molecule has 16 aromatic rings. The third-order valence-electron chi connectivity index (χ3n) is 15.1. The molecule has 0 saturated heterocycles. The van der Waals surface area contributed by atoms with Crippen LogP contribution in [0.2, 0.25) is 0 Å². The van der Waals surface area contributed by atoms with Crippen molar-refractivity contribution in [2.24, 2.45) is 0 Å². The molecular weight excluding hydrogens is 949 g/mol. The fourth-order valence-corrected chi connectivity index (χ4v) is 12.7. The lowest BCUT2D eigenvalue weighted by Crippen LogP contribution is -2.00. The van der Waals surface area contributed by atoms with Gasteiger partial charge in [-0.15, -0.1) is 11.3 Å². The minimum Gasteiger partial charge on any atom is -0.456 e. The number of hydrogen-bond donors (Lipinski definition) is 0. The van der Waals surface area contributed by atoms with Crippen LogP contribution in [0.25, 0.3) is 159 Å². The van der Waals surface area contributed by atoms with E-state index in [1.165, 1.54) is 48.4 Å². The van der Waals surface area contributed by atoms with E-state index in [1.807, 2.05) is 30.3 Å². The second-order valence-electron chi connectivity index (χ2n) is 19.5. The van der Waals surface area contributed by atoms with Gasteiger partial charge in [0.1, 0.15) is 22.3 Å². The van der Waals surface area contributed by atoms with Crippen molar-refractivity contribution in [3.05, 3.63) is 243 Å². The van der Waals surface area contributed by atoms with Gasteiger partial charge in [-0.25, -0.2) is 15.0 Å². The maximum atomic E-state index is 6.64. The second-order valence-corrected chi connectivity index (χ2v) is 20.5. The van der Waals surface area contributed by atoms with Crippen molar-refractivity contribution in [1.29, 1.82) is 0 Å². The van der Waals surface area contributed by atoms with Gasteiger partial charge in [0, 0.05) is 74.9 Å². The van der Waals surface area contributed by atoms with Gasteiger partial charge in [-0.3, -0.25) is 0 Å². The standard InChI is InChI=1S/C69H40N4O2S/c1-2-18-48(19-3-1)73-58-26-7-4-20-49(58)56-38-45(31-34-59(56)73)43-16-10-14-41(36-43)42-15-11-17-44(37-42)46-32-35-61-57(39-46)65-54(24-13-28-62(65)74-61)68-70-67(47-30-33-51-50-21-5-8-27-60(50)75-63(51)40-47)71-69(72-68)55-25-12-23-53-52-22-6-9-29-64(52)76-66(53)55/h1-40H. The van der Waals surface area contributed by atoms with Crippen molar-refractivity contribution in [2.45, 2.75) is 0 Å². The Labute approximate surface area is 439 Å². The van der Waals surface area contributed by atoms with Gasteiger partial charge in [0.15, 0.2) is 17.5 Å². The van der Waals surface area contributed by atoms with Gasteiger partial charge in [-0.1, -0.05) is 152 Å². The quantitative estimate of drug-likeness (QED) is 0.159. The lowest BCUT2D eigenvalue weighted by Gasteiger charge is -2.10. The first-order valence-corrected chi connectivity index (χ1v) is 26.3. The highest BCUT2D eigenvalue weighted by Gasteiger charge is 2.22. The maximum absolute atomic E-state index is 6.64. The summed E-state index contributed by atoms with van der Waals surface area (Å²) >= 11 is 1.76. The van der Waals surface area contributed by atoms with Crippen LogP contribution in [0.5, 0.6) is 0 Å². The predicted octanol–water partition coefficient (Wildman–Crippen LogP) is 19.1. The number of para-hydroxylation sites is 3. The predicted molar refractivity (Wildman–Crippen MR) is 314 cm³/mol. The molecule has 6 nitrogen and oxygen atoms in total. The molecule has 0 fully saturated rings. The van der Waals surface area contributed by atoms with Gasteiger partial charge < -0.3 is 13.4 Å². The molecule has 5 heterocycles. The van der Waals surface area contributed by atoms with Crippen molar-refractivity contribution >= 4 is 97.2 Å². The summed E-state index contributed by atoms with van der Waals surface area (Å²) in [5, 5.41) is 8.92. The molecule has 76 heavy (non-hydrogen) atoms. The highest BCUT2D eigenvalue weighted by molar-refractivity contribution is 7.26. The van der Waals surface area contributed by atoms with Gasteiger partial charge >= 0.3 is 0 Å². The van der Waals surface area contributed by atoms with Crippen LogP contribution in [-0.4, -0.2) is 19.5 Å². The normalized spacial score (nSPS) is 11.9. The highest BCUT2D eigenvalue weighted by atomic mass is 32.1. The molecule has 0 aliphatic heterocycles. The average Bonchev–Trinajstić information content (AvgIpc) is 4.28. The van der Waals surface area contributed by atoms with E-state index >= 15 is 0 Å². The highest BCUT2D eigenvalue weighted by Crippen LogP contribution is 2.43. The number of nitrogens with zero attached hydrogens (tertiary/aromatic N) is 4. The van der Waals surface area contributed by atoms with Crippen LogP contribution in [0.4, 0.5) is 0 Å². The Bertz CT molecular complexity index is 5020. The van der Waals surface area contributed by atoms with E-state index in [-0.39, 0.29) is 0 Å². The Hall–Kier alpha value is -9.95. The zero-order valence-corrected chi connectivity index (χ0v) is 41.4. The first-order valence-electron chi connectivity index (χ1n) is 25.5. The topological polar surface area (TPSA) is 69.9 Å². The van der Waals surface area contributed by atoms with Gasteiger partial charge in [-0.2, -0.15) is 0 Å². The third kappa shape index (κ3) is 6.76. The lowest BCUT2D eigenvalue weighted by molar-refractivity contribution is 0.668. The van der Waals surface area contributed by atoms with E-state index in [2.05, 4.69) is 217 Å². The number of rotatable bonds is 7. The maximum Gasteiger partial charge on any atom is 0.165 e. The minimum atomic E-state index is 0.558. The number of fused-ring (bicyclic) bond motifs is 12. The zero-order chi connectivity index (χ0) is 49.8. The van der Waals surface area contributed by atoms with Crippen LogP contribution in [0.1, 0.15) is 0 Å². The fourth-order valence-electron chi connectivity index (χ4n) is 11.5. The molecule has 7 heteroatoms. The van der Waals surface area contributed by atoms with Crippen molar-refractivity contribution in [2.75, 3.05) is 0 Å². The van der Waals surface area contributed by atoms with Gasteiger partial charge in [0.25, 0.3) is 0 Å². The smallest absolute Gasteiger partial charge is 0.165 e. The van der Waals surface area contributed by atoms with Gasteiger partial charge in [0.05, 0.1) is 11.0 Å². The molecule has 0 atom stereocenters. The Kier molecular flexibility index (Phi) is 9.40. The molecule has 0 aliphatic rings. The largest absolute Gasteiger partial charge is 0.456 e. The van der Waals surface area contributed by atoms with E-state index < -0.39 is 0 Å². The number of hydrogen-bond acceptors (Lipinski definition) is 6. The van der Waals surface area contributed by atoms with E-state index in [0.717, 1.165) is 93.2 Å². The number of benzene rings is 11. The Morgan fingerprint density at radius 2 is 0.842 bits per heavy atom. The van der Waals surface area contributed by atoms with Crippen molar-refractivity contribution in [3.63, 3.8) is 0 Å². The number of furan rings is 2. The first kappa shape index (κ1) is 42.5. The van der Waals surface area contributed by atoms with Crippen LogP contribution in [-0.2, 0) is 0 Å². The molecule has 5 aromatic heterocycles. The van der Waals surface area contributed by atoms with Gasteiger partial charge in [0.2, 0.25) is 0 Å². The summed E-state index contributed by atoms with van der Waals surface area (Å²) in [6.45, 7) is 0. The van der Waals surface area contributed by atoms with Crippen molar-refractivity contribution in [3.8, 4) is 73.2 Å². The summed E-state index contributed by atoms with van der Waals surface area (Å²) in [6.07, 6.45) is 0. The average molecular weight is 989 g/mol. The fraction of sp³-hybridized carbons (Fsp3) is 0. The SMILES string of the molecule is c1ccc(-n2c3ccccc3c3cc(-c4cccc(-c5cccc(-c6ccc7oc8cccc(-c9nc(-c%10ccc%11c(c%10)oc%10ccccc%10%11)nc(-c%10cccc%11c%10sc%10ccccc%10%11)n9)c8c7c6)c5)c4)ccc32)cc1. The minimum absolute atomic E-state index is 0.558. The Morgan fingerprint density at radius 1 is 0.303 bits per heavy atom. The number of aromatic nitrogens is 4. The summed E-state index contributed by atoms with van der Waals surface area (Å²) in [5.41, 5.74) is 16.2. The van der Waals surface area contributed by atoms with Gasteiger partial charge in [-0.05, 0) is 124 Å². The number of thiophene rings is 1. The van der Waals surface area contributed by atoms with Crippen LogP contribution in [0, 0.1) is 0 Å². The molecular formula is C69H40N4O2S. The summed E-state index contributed by atoms with van der Waals surface area (Å²) in [6, 6.07) is 85.9. The van der Waals surface area contributed by atoms with Crippen LogP contribution >= 0.6 is 11.3 Å². The Balaban J connectivity index is 0.807. The molecule has 0 aliphatic carbocycles. The molecule has 0 bridgehead atoms. The zero-order valence-electron chi connectivity index (χ0n) is 40.6. The van der Waals surface area contributed by atoms with E-state index in [4.69, 9.17) is 23.8 Å². The van der Waals surface area contributed by atoms with Crippen LogP contribution in [0.3, 0.4) is 0 Å². The monoisotopic (exact) mass is 988 g/mol. The third-order valence-corrected chi connectivity index (χ3v) is 16.3.